The van der Waals surface area contributed by atoms with Crippen LogP contribution in [0.4, 0.5) is 0 Å². The predicted molar refractivity (Wildman–Crippen MR) is 200 cm³/mol. The summed E-state index contributed by atoms with van der Waals surface area (Å²) >= 11 is 0. The maximum atomic E-state index is 12.9. The molecule has 0 aromatic heterocycles. The number of aliphatic hydroxyl groups is 4. The van der Waals surface area contributed by atoms with E-state index in [-0.39, 0.29) is 37.5 Å². The molecule has 55 heavy (non-hydrogen) atoms. The highest BCUT2D eigenvalue weighted by Gasteiger charge is 2.52. The van der Waals surface area contributed by atoms with E-state index in [0.717, 1.165) is 6.29 Å². The van der Waals surface area contributed by atoms with Crippen molar-refractivity contribution in [3.8, 4) is 0 Å². The first kappa shape index (κ1) is 47.1. The van der Waals surface area contributed by atoms with Crippen LogP contribution in [0.3, 0.4) is 0 Å². The van der Waals surface area contributed by atoms with Crippen LogP contribution < -0.4 is 0 Å². The van der Waals surface area contributed by atoms with Gasteiger partial charge in [-0.15, -0.1) is 0 Å². The number of likely N-dealkylation sites (N-methyl/N-ethyl adjacent to an activating group) is 1. The molecule has 16 atom stereocenters. The van der Waals surface area contributed by atoms with Crippen LogP contribution in [0.1, 0.15) is 87.0 Å². The minimum Gasteiger partial charge on any atom is -0.462 e. The zero-order valence-corrected chi connectivity index (χ0v) is 34.2. The Morgan fingerprint density at radius 1 is 1.04 bits per heavy atom. The standard InChI is InChI=1S/C40H67NO14/c1-22(2)18-30(45)53-38-26(6)51-32(21-40(38,7)48)54-35-25(5)52-39(34(47)33(35)41(8)9)55-36-27(16-17-42)19-23(3)28(43)15-13-11-12-14-24(4)50-31(46)20-29(44)37(36)49-10/h11-13,15,17,22-29,32-39,43-44,47-48H,14,16,18-21H2,1-10H3/b12-11+,15-13+/t23-,24+,25+,26-,27+,28+,29+,32-,33-,34-,35+,36-,37+,38+,39+,40+/m1/s1. The van der Waals surface area contributed by atoms with Gasteiger partial charge in [0.1, 0.15) is 36.3 Å². The van der Waals surface area contributed by atoms with Crippen molar-refractivity contribution in [2.24, 2.45) is 17.8 Å². The molecule has 2 saturated heterocycles. The molecule has 0 radical (unpaired) electrons. The van der Waals surface area contributed by atoms with Crippen LogP contribution in [-0.4, -0.2) is 150 Å². The highest BCUT2D eigenvalue weighted by Crippen LogP contribution is 2.37. The Morgan fingerprint density at radius 2 is 1.73 bits per heavy atom. The molecule has 316 valence electrons. The van der Waals surface area contributed by atoms with E-state index in [0.29, 0.717) is 6.42 Å². The number of carbonyl (C=O) groups is 3. The summed E-state index contributed by atoms with van der Waals surface area (Å²) < 4.78 is 42.4. The molecule has 0 aliphatic carbocycles. The summed E-state index contributed by atoms with van der Waals surface area (Å²) in [6.07, 6.45) is -3.92. The predicted octanol–water partition coefficient (Wildman–Crippen LogP) is 2.44. The molecule has 3 heterocycles. The molecule has 15 nitrogen and oxygen atoms in total. The fourth-order valence-electron chi connectivity index (χ4n) is 7.78. The lowest BCUT2D eigenvalue weighted by atomic mass is 9.82. The van der Waals surface area contributed by atoms with Gasteiger partial charge in [0.15, 0.2) is 18.7 Å². The topological polar surface area (TPSA) is 200 Å². The van der Waals surface area contributed by atoms with E-state index in [4.69, 9.17) is 33.2 Å². The molecule has 15 heteroatoms. The van der Waals surface area contributed by atoms with Crippen LogP contribution in [0, 0.1) is 17.8 Å². The van der Waals surface area contributed by atoms with Gasteiger partial charge in [0.05, 0.1) is 43.0 Å². The van der Waals surface area contributed by atoms with Gasteiger partial charge < -0.3 is 63.3 Å². The molecule has 0 spiro atoms. The van der Waals surface area contributed by atoms with Crippen molar-refractivity contribution < 1.29 is 68.0 Å². The molecular weight excluding hydrogens is 718 g/mol. The van der Waals surface area contributed by atoms with Gasteiger partial charge in [-0.3, -0.25) is 9.59 Å². The van der Waals surface area contributed by atoms with Crippen molar-refractivity contribution in [1.82, 2.24) is 4.90 Å². The molecule has 0 saturated carbocycles. The first-order chi connectivity index (χ1) is 25.8. The van der Waals surface area contributed by atoms with Crippen LogP contribution in [-0.2, 0) is 47.5 Å². The van der Waals surface area contributed by atoms with Crippen LogP contribution in [0.25, 0.3) is 0 Å². The van der Waals surface area contributed by atoms with E-state index in [2.05, 4.69) is 0 Å². The third-order valence-corrected chi connectivity index (χ3v) is 10.6. The average Bonchev–Trinajstić information content (AvgIpc) is 3.06. The summed E-state index contributed by atoms with van der Waals surface area (Å²) in [6.45, 7) is 12.4. The van der Waals surface area contributed by atoms with E-state index in [9.17, 15) is 34.8 Å². The molecule has 3 aliphatic rings. The number of aldehydes is 1. The van der Waals surface area contributed by atoms with Gasteiger partial charge in [-0.05, 0) is 66.0 Å². The minimum atomic E-state index is -1.49. The number of hydrogen-bond acceptors (Lipinski definition) is 15. The molecule has 0 aromatic rings. The maximum absolute atomic E-state index is 12.9. The average molecular weight is 786 g/mol. The quantitative estimate of drug-likeness (QED) is 0.176. The Kier molecular flexibility index (Phi) is 18.4. The van der Waals surface area contributed by atoms with Crippen molar-refractivity contribution in [3.05, 3.63) is 24.3 Å². The van der Waals surface area contributed by atoms with E-state index in [1.54, 1.807) is 64.9 Å². The summed E-state index contributed by atoms with van der Waals surface area (Å²) in [4.78, 5) is 39.3. The molecule has 4 N–H and O–H groups in total. The lowest BCUT2D eigenvalue weighted by molar-refractivity contribution is -0.344. The lowest BCUT2D eigenvalue weighted by Gasteiger charge is -2.50. The van der Waals surface area contributed by atoms with Gasteiger partial charge in [-0.25, -0.2) is 0 Å². The number of nitrogens with zero attached hydrogens (tertiary/aromatic N) is 1. The van der Waals surface area contributed by atoms with Gasteiger partial charge in [0.25, 0.3) is 0 Å². The number of allylic oxidation sites excluding steroid dienone is 2. The molecule has 0 aromatic carbocycles. The zero-order chi connectivity index (χ0) is 41.2. The fourth-order valence-corrected chi connectivity index (χ4v) is 7.78. The second-order valence-corrected chi connectivity index (χ2v) is 16.4. The third-order valence-electron chi connectivity index (χ3n) is 10.6. The number of methoxy groups -OCH3 is 1. The van der Waals surface area contributed by atoms with Gasteiger partial charge in [-0.2, -0.15) is 0 Å². The molecular formula is C40H67NO14. The van der Waals surface area contributed by atoms with E-state index < -0.39 is 110 Å². The fraction of sp³-hybridized carbons (Fsp3) is 0.825. The number of carbonyl (C=O) groups excluding carboxylic acids is 3. The Balaban J connectivity index is 1.90. The van der Waals surface area contributed by atoms with Gasteiger partial charge in [-0.1, -0.05) is 45.1 Å². The van der Waals surface area contributed by atoms with Crippen LogP contribution in [0.15, 0.2) is 24.3 Å². The van der Waals surface area contributed by atoms with Crippen molar-refractivity contribution in [2.45, 2.75) is 172 Å². The van der Waals surface area contributed by atoms with Gasteiger partial charge >= 0.3 is 11.9 Å². The van der Waals surface area contributed by atoms with Crippen LogP contribution in [0.5, 0.6) is 0 Å². The highest BCUT2D eigenvalue weighted by atomic mass is 16.7. The van der Waals surface area contributed by atoms with Crippen molar-refractivity contribution >= 4 is 18.2 Å². The number of ether oxygens (including phenoxy) is 7. The Labute approximate surface area is 326 Å². The van der Waals surface area contributed by atoms with Crippen molar-refractivity contribution in [3.63, 3.8) is 0 Å². The molecule has 3 rings (SSSR count). The molecule has 2 fully saturated rings. The molecule has 0 amide bonds. The van der Waals surface area contributed by atoms with Gasteiger partial charge in [0.2, 0.25) is 0 Å². The highest BCUT2D eigenvalue weighted by molar-refractivity contribution is 5.70. The number of rotatable bonds is 11. The summed E-state index contributed by atoms with van der Waals surface area (Å²) in [7, 11) is 4.86. The number of esters is 2. The first-order valence-corrected chi connectivity index (χ1v) is 19.5. The van der Waals surface area contributed by atoms with E-state index in [1.165, 1.54) is 7.11 Å². The van der Waals surface area contributed by atoms with Crippen LogP contribution in [0.2, 0.25) is 0 Å². The SMILES string of the molecule is CO[C@@H]1[C@H](O[C@@H]2O[C@@H](C)[C@H](O[C@@H]3C[C@](C)(O)[C@@H](OC(=O)CC(C)C)[C@@H](C)O3)[C@H](N(C)C)[C@H]2O)[C@@H](CC=O)C[C@@H](C)[C@@H](O)/C=C/C=C/C[C@H](C)OC(=O)C[C@@H]1O. The zero-order valence-electron chi connectivity index (χ0n) is 34.2. The monoisotopic (exact) mass is 785 g/mol. The first-order valence-electron chi connectivity index (χ1n) is 19.5. The Bertz CT molecular complexity index is 1270. The molecule has 0 bridgehead atoms. The van der Waals surface area contributed by atoms with Crippen molar-refractivity contribution in [1.29, 1.82) is 0 Å². The third kappa shape index (κ3) is 13.4. The summed E-state index contributed by atoms with van der Waals surface area (Å²) in [6, 6.07) is -0.753. The molecule has 3 aliphatic heterocycles. The van der Waals surface area contributed by atoms with E-state index in [1.807, 2.05) is 26.8 Å². The molecule has 0 unspecified atom stereocenters. The van der Waals surface area contributed by atoms with Crippen molar-refractivity contribution in [2.75, 3.05) is 21.2 Å². The smallest absolute Gasteiger partial charge is 0.308 e. The summed E-state index contributed by atoms with van der Waals surface area (Å²) in [5, 5.41) is 45.8. The number of hydrogen-bond donors (Lipinski definition) is 4. The largest absolute Gasteiger partial charge is 0.462 e. The van der Waals surface area contributed by atoms with E-state index >= 15 is 0 Å². The lowest BCUT2D eigenvalue weighted by Crippen LogP contribution is -2.66. The normalized spacial score (nSPS) is 42.4. The van der Waals surface area contributed by atoms with Crippen LogP contribution >= 0.6 is 0 Å². The maximum Gasteiger partial charge on any atom is 0.308 e. The second-order valence-electron chi connectivity index (χ2n) is 16.4. The van der Waals surface area contributed by atoms with Gasteiger partial charge in [0, 0.05) is 32.8 Å². The minimum absolute atomic E-state index is 0.0318. The second kappa shape index (κ2) is 21.4. The Hall–Kier alpha value is -2.31. The number of cyclic esters (lactones) is 1. The summed E-state index contributed by atoms with van der Waals surface area (Å²) in [5.74, 6) is -2.03. The number of aliphatic hydroxyl groups excluding tert-OH is 3. The summed E-state index contributed by atoms with van der Waals surface area (Å²) in [5.41, 5.74) is -1.49. The Morgan fingerprint density at radius 3 is 2.33 bits per heavy atom.